The standard InChI is InChI=1S/C18H19ClN4O/c1-4-14-15-16(19)13(9-20-17(15)23-22-14)18(24)21-12-7-5-11(6-8-12)10(2)3/h5-10H,4H2,1-3H3,(H,21,24)(H,20,22,23). The number of H-pyrrole nitrogens is 1. The van der Waals surface area contributed by atoms with Crippen LogP contribution in [0, 0.1) is 0 Å². The minimum atomic E-state index is -0.282. The van der Waals surface area contributed by atoms with Crippen molar-refractivity contribution in [3.05, 3.63) is 52.3 Å². The van der Waals surface area contributed by atoms with Gasteiger partial charge in [0.2, 0.25) is 0 Å². The molecule has 2 N–H and O–H groups in total. The summed E-state index contributed by atoms with van der Waals surface area (Å²) < 4.78 is 0. The summed E-state index contributed by atoms with van der Waals surface area (Å²) in [5.41, 5.74) is 3.69. The molecule has 0 fully saturated rings. The van der Waals surface area contributed by atoms with Crippen molar-refractivity contribution in [1.29, 1.82) is 0 Å². The number of anilines is 1. The molecule has 3 aromatic rings. The van der Waals surface area contributed by atoms with Crippen LogP contribution in [0.25, 0.3) is 11.0 Å². The molecule has 0 bridgehead atoms. The van der Waals surface area contributed by atoms with Gasteiger partial charge in [0.05, 0.1) is 16.0 Å². The van der Waals surface area contributed by atoms with Crippen LogP contribution in [0.3, 0.4) is 0 Å². The van der Waals surface area contributed by atoms with E-state index in [1.807, 2.05) is 31.2 Å². The number of carbonyl (C=O) groups is 1. The van der Waals surface area contributed by atoms with Gasteiger partial charge in [-0.15, -0.1) is 0 Å². The molecule has 6 heteroatoms. The van der Waals surface area contributed by atoms with Crippen LogP contribution in [0.2, 0.25) is 5.02 Å². The normalized spacial score (nSPS) is 11.2. The van der Waals surface area contributed by atoms with Crippen LogP contribution in [-0.2, 0) is 6.42 Å². The van der Waals surface area contributed by atoms with E-state index in [0.717, 1.165) is 17.8 Å². The quantitative estimate of drug-likeness (QED) is 0.730. The van der Waals surface area contributed by atoms with E-state index in [1.165, 1.54) is 11.8 Å². The van der Waals surface area contributed by atoms with Crippen molar-refractivity contribution < 1.29 is 4.79 Å². The highest BCUT2D eigenvalue weighted by Gasteiger charge is 2.18. The molecule has 5 nitrogen and oxygen atoms in total. The van der Waals surface area contributed by atoms with E-state index in [1.54, 1.807) is 0 Å². The topological polar surface area (TPSA) is 70.7 Å². The second kappa shape index (κ2) is 6.61. The van der Waals surface area contributed by atoms with Crippen LogP contribution in [-0.4, -0.2) is 21.1 Å². The molecule has 0 radical (unpaired) electrons. The molecule has 1 amide bonds. The molecule has 0 aliphatic carbocycles. The van der Waals surface area contributed by atoms with E-state index in [2.05, 4.69) is 34.3 Å². The van der Waals surface area contributed by atoms with Crippen molar-refractivity contribution >= 4 is 34.2 Å². The molecule has 0 atom stereocenters. The second-order valence-electron chi connectivity index (χ2n) is 5.97. The highest BCUT2D eigenvalue weighted by Crippen LogP contribution is 2.28. The summed E-state index contributed by atoms with van der Waals surface area (Å²) in [4.78, 5) is 16.8. The number of fused-ring (bicyclic) bond motifs is 1. The highest BCUT2D eigenvalue weighted by molar-refractivity contribution is 6.39. The monoisotopic (exact) mass is 342 g/mol. The third kappa shape index (κ3) is 2.99. The van der Waals surface area contributed by atoms with Crippen molar-refractivity contribution in [3.63, 3.8) is 0 Å². The number of benzene rings is 1. The summed E-state index contributed by atoms with van der Waals surface area (Å²) >= 11 is 6.43. The minimum absolute atomic E-state index is 0.282. The molecule has 1 aromatic carbocycles. The molecule has 0 aliphatic rings. The maximum absolute atomic E-state index is 12.6. The van der Waals surface area contributed by atoms with Crippen LogP contribution in [0.4, 0.5) is 5.69 Å². The zero-order chi connectivity index (χ0) is 17.3. The number of hydrogen-bond acceptors (Lipinski definition) is 3. The van der Waals surface area contributed by atoms with Gasteiger partial charge in [0, 0.05) is 17.6 Å². The van der Waals surface area contributed by atoms with Gasteiger partial charge in [0.25, 0.3) is 5.91 Å². The number of pyridine rings is 1. The third-order valence-electron chi connectivity index (χ3n) is 4.03. The first-order valence-corrected chi connectivity index (χ1v) is 8.31. The Labute approximate surface area is 145 Å². The maximum Gasteiger partial charge on any atom is 0.258 e. The largest absolute Gasteiger partial charge is 0.322 e. The molecule has 124 valence electrons. The second-order valence-corrected chi connectivity index (χ2v) is 6.35. The lowest BCUT2D eigenvalue weighted by atomic mass is 10.0. The average Bonchev–Trinajstić information content (AvgIpc) is 2.99. The van der Waals surface area contributed by atoms with Crippen molar-refractivity contribution in [2.75, 3.05) is 5.32 Å². The molecular weight excluding hydrogens is 324 g/mol. The molecular formula is C18H19ClN4O. The molecule has 0 unspecified atom stereocenters. The minimum Gasteiger partial charge on any atom is -0.322 e. The predicted octanol–water partition coefficient (Wildman–Crippen LogP) is 4.55. The molecule has 24 heavy (non-hydrogen) atoms. The fraction of sp³-hybridized carbons (Fsp3) is 0.278. The number of rotatable bonds is 4. The van der Waals surface area contributed by atoms with Crippen molar-refractivity contribution in [2.45, 2.75) is 33.1 Å². The van der Waals surface area contributed by atoms with Gasteiger partial charge in [-0.1, -0.05) is 44.5 Å². The van der Waals surface area contributed by atoms with Crippen molar-refractivity contribution in [3.8, 4) is 0 Å². The lowest BCUT2D eigenvalue weighted by Crippen LogP contribution is -2.13. The number of aromatic nitrogens is 3. The Balaban J connectivity index is 1.89. The van der Waals surface area contributed by atoms with Crippen LogP contribution in [0.15, 0.2) is 30.5 Å². The zero-order valence-corrected chi connectivity index (χ0v) is 14.6. The maximum atomic E-state index is 12.6. The molecule has 0 saturated carbocycles. The first kappa shape index (κ1) is 16.5. The number of aromatic amines is 1. The van der Waals surface area contributed by atoms with Gasteiger partial charge in [-0.25, -0.2) is 4.98 Å². The van der Waals surface area contributed by atoms with Crippen LogP contribution >= 0.6 is 11.6 Å². The Morgan fingerprint density at radius 1 is 1.29 bits per heavy atom. The fourth-order valence-electron chi connectivity index (χ4n) is 2.57. The number of carbonyl (C=O) groups excluding carboxylic acids is 1. The van der Waals surface area contributed by atoms with E-state index >= 15 is 0 Å². The van der Waals surface area contributed by atoms with E-state index < -0.39 is 0 Å². The summed E-state index contributed by atoms with van der Waals surface area (Å²) in [5, 5.41) is 11.0. The number of hydrogen-bond donors (Lipinski definition) is 2. The predicted molar refractivity (Wildman–Crippen MR) is 96.8 cm³/mol. The number of aryl methyl sites for hydroxylation is 1. The number of amides is 1. The Morgan fingerprint density at radius 2 is 2.00 bits per heavy atom. The summed E-state index contributed by atoms with van der Waals surface area (Å²) in [7, 11) is 0. The Morgan fingerprint density at radius 3 is 2.62 bits per heavy atom. The SMILES string of the molecule is CCc1[nH]nc2ncc(C(=O)Nc3ccc(C(C)C)cc3)c(Cl)c12. The van der Waals surface area contributed by atoms with E-state index in [-0.39, 0.29) is 5.91 Å². The summed E-state index contributed by atoms with van der Waals surface area (Å²) in [6, 6.07) is 7.80. The molecule has 3 rings (SSSR count). The summed E-state index contributed by atoms with van der Waals surface area (Å²) in [6.07, 6.45) is 2.20. The third-order valence-corrected chi connectivity index (χ3v) is 4.42. The first-order chi connectivity index (χ1) is 11.5. The molecule has 0 saturated heterocycles. The first-order valence-electron chi connectivity index (χ1n) is 7.94. The number of nitrogens with zero attached hydrogens (tertiary/aromatic N) is 2. The zero-order valence-electron chi connectivity index (χ0n) is 13.9. The molecule has 0 aliphatic heterocycles. The van der Waals surface area contributed by atoms with E-state index in [9.17, 15) is 4.79 Å². The van der Waals surface area contributed by atoms with Crippen molar-refractivity contribution in [1.82, 2.24) is 15.2 Å². The van der Waals surface area contributed by atoms with Crippen molar-refractivity contribution in [2.24, 2.45) is 0 Å². The average molecular weight is 343 g/mol. The van der Waals surface area contributed by atoms with Gasteiger partial charge in [-0.3, -0.25) is 9.89 Å². The lowest BCUT2D eigenvalue weighted by molar-refractivity contribution is 0.102. The van der Waals surface area contributed by atoms with E-state index in [0.29, 0.717) is 27.5 Å². The number of nitrogens with one attached hydrogen (secondary N) is 2. The van der Waals surface area contributed by atoms with Crippen LogP contribution in [0.1, 0.15) is 48.3 Å². The van der Waals surface area contributed by atoms with E-state index in [4.69, 9.17) is 11.6 Å². The molecule has 0 spiro atoms. The summed E-state index contributed by atoms with van der Waals surface area (Å²) in [6.45, 7) is 6.25. The lowest BCUT2D eigenvalue weighted by Gasteiger charge is -2.09. The van der Waals surface area contributed by atoms with Gasteiger partial charge in [0.15, 0.2) is 5.65 Å². The van der Waals surface area contributed by atoms with Crippen LogP contribution in [0.5, 0.6) is 0 Å². The Hall–Kier alpha value is -2.40. The molecule has 2 heterocycles. The smallest absolute Gasteiger partial charge is 0.258 e. The Kier molecular flexibility index (Phi) is 4.53. The fourth-order valence-corrected chi connectivity index (χ4v) is 2.91. The Bertz CT molecular complexity index is 884. The van der Waals surface area contributed by atoms with Gasteiger partial charge in [-0.2, -0.15) is 5.10 Å². The highest BCUT2D eigenvalue weighted by atomic mass is 35.5. The summed E-state index contributed by atoms with van der Waals surface area (Å²) in [5.74, 6) is 0.166. The van der Waals surface area contributed by atoms with Crippen LogP contribution < -0.4 is 5.32 Å². The van der Waals surface area contributed by atoms with Gasteiger partial charge in [-0.05, 0) is 30.0 Å². The van der Waals surface area contributed by atoms with Gasteiger partial charge in [0.1, 0.15) is 0 Å². The van der Waals surface area contributed by atoms with Gasteiger partial charge < -0.3 is 5.32 Å². The molecule has 2 aromatic heterocycles. The van der Waals surface area contributed by atoms with Gasteiger partial charge >= 0.3 is 0 Å². The number of halogens is 1.